The van der Waals surface area contributed by atoms with Crippen molar-refractivity contribution < 1.29 is 13.2 Å². The number of nitrogens with one attached hydrogen (secondary N) is 1. The maximum Gasteiger partial charge on any atom is 0.230 e. The third kappa shape index (κ3) is 5.65. The minimum absolute atomic E-state index is 0.0122. The highest BCUT2D eigenvalue weighted by molar-refractivity contribution is 7.99. The molecule has 7 nitrogen and oxygen atoms in total. The average Bonchev–Trinajstić information content (AvgIpc) is 3.35. The molecule has 1 atom stereocenters. The summed E-state index contributed by atoms with van der Waals surface area (Å²) in [5.74, 6) is 0.764. The smallest absolute Gasteiger partial charge is 0.230 e. The minimum Gasteiger partial charge on any atom is -0.352 e. The number of nitrogens with zero attached hydrogens (tertiary/aromatic N) is 3. The Hall–Kier alpha value is -2.65. The van der Waals surface area contributed by atoms with E-state index in [9.17, 15) is 13.2 Å². The van der Waals surface area contributed by atoms with Gasteiger partial charge in [-0.3, -0.25) is 9.36 Å². The highest BCUT2D eigenvalue weighted by atomic mass is 32.2. The Morgan fingerprint density at radius 2 is 1.79 bits per heavy atom. The number of benzene rings is 2. The molecule has 0 bridgehead atoms. The lowest BCUT2D eigenvalue weighted by Crippen LogP contribution is -2.36. The first-order valence-corrected chi connectivity index (χ1v) is 13.7. The van der Waals surface area contributed by atoms with Crippen LogP contribution in [-0.4, -0.2) is 52.4 Å². The number of amides is 1. The number of hydrogen-bond acceptors (Lipinski definition) is 6. The van der Waals surface area contributed by atoms with E-state index in [0.717, 1.165) is 11.3 Å². The lowest BCUT2D eigenvalue weighted by molar-refractivity contribution is -0.119. The summed E-state index contributed by atoms with van der Waals surface area (Å²) in [6.45, 7) is 6.53. The van der Waals surface area contributed by atoms with Crippen LogP contribution >= 0.6 is 11.8 Å². The minimum atomic E-state index is -3.04. The van der Waals surface area contributed by atoms with Crippen LogP contribution in [0.4, 0.5) is 0 Å². The van der Waals surface area contributed by atoms with Crippen molar-refractivity contribution in [2.75, 3.05) is 17.3 Å². The van der Waals surface area contributed by atoms with Crippen LogP contribution in [0.15, 0.2) is 59.8 Å². The molecule has 1 aromatic heterocycles. The van der Waals surface area contributed by atoms with Gasteiger partial charge in [0.05, 0.1) is 17.3 Å². The molecule has 0 spiro atoms. The second kappa shape index (κ2) is 9.30. The number of aromatic nitrogens is 3. The van der Waals surface area contributed by atoms with Crippen molar-refractivity contribution in [2.24, 2.45) is 0 Å². The lowest BCUT2D eigenvalue weighted by Gasteiger charge is -2.19. The molecule has 2 aromatic carbocycles. The second-order valence-corrected chi connectivity index (χ2v) is 12.4. The molecule has 0 saturated carbocycles. The zero-order chi connectivity index (χ0) is 23.6. The molecule has 1 N–H and O–H groups in total. The third-order valence-corrected chi connectivity index (χ3v) is 8.28. The maximum absolute atomic E-state index is 12.5. The largest absolute Gasteiger partial charge is 0.352 e. The average molecular weight is 485 g/mol. The first-order valence-electron chi connectivity index (χ1n) is 10.9. The summed E-state index contributed by atoms with van der Waals surface area (Å²) >= 11 is 1.28. The number of carbonyl (C=O) groups excluding carboxylic acids is 1. The summed E-state index contributed by atoms with van der Waals surface area (Å²) in [5.41, 5.74) is 3.13. The fourth-order valence-corrected chi connectivity index (χ4v) is 6.22. The molecule has 0 aliphatic carbocycles. The molecule has 174 valence electrons. The molecule has 1 aliphatic rings. The number of rotatable bonds is 6. The van der Waals surface area contributed by atoms with E-state index in [0.29, 0.717) is 17.4 Å². The first kappa shape index (κ1) is 23.5. The summed E-state index contributed by atoms with van der Waals surface area (Å²) in [6.07, 6.45) is 0.466. The van der Waals surface area contributed by atoms with E-state index in [-0.39, 0.29) is 34.6 Å². The van der Waals surface area contributed by atoms with E-state index in [4.69, 9.17) is 0 Å². The van der Waals surface area contributed by atoms with Gasteiger partial charge in [-0.15, -0.1) is 10.2 Å². The summed E-state index contributed by atoms with van der Waals surface area (Å²) in [7, 11) is -3.04. The zero-order valence-electron chi connectivity index (χ0n) is 19.0. The Morgan fingerprint density at radius 3 is 2.39 bits per heavy atom. The molecule has 1 aliphatic heterocycles. The summed E-state index contributed by atoms with van der Waals surface area (Å²) < 4.78 is 25.2. The molecule has 1 amide bonds. The van der Waals surface area contributed by atoms with Crippen molar-refractivity contribution in [3.63, 3.8) is 0 Å². The molecule has 4 rings (SSSR count). The molecular weight excluding hydrogens is 456 g/mol. The van der Waals surface area contributed by atoms with Gasteiger partial charge in [0.25, 0.3) is 0 Å². The predicted octanol–water partition coefficient (Wildman–Crippen LogP) is 3.63. The van der Waals surface area contributed by atoms with Crippen LogP contribution in [0.25, 0.3) is 17.1 Å². The van der Waals surface area contributed by atoms with E-state index in [1.807, 2.05) is 47.0 Å². The van der Waals surface area contributed by atoms with Gasteiger partial charge in [0.2, 0.25) is 5.91 Å². The van der Waals surface area contributed by atoms with E-state index in [2.05, 4.69) is 48.4 Å². The number of sulfone groups is 1. The van der Waals surface area contributed by atoms with Gasteiger partial charge in [-0.05, 0) is 29.5 Å². The second-order valence-electron chi connectivity index (χ2n) is 9.26. The number of hydrogen-bond donors (Lipinski definition) is 1. The Kier molecular flexibility index (Phi) is 6.63. The van der Waals surface area contributed by atoms with Crippen LogP contribution in [0.1, 0.15) is 32.8 Å². The van der Waals surface area contributed by atoms with Gasteiger partial charge in [-0.2, -0.15) is 0 Å². The summed E-state index contributed by atoms with van der Waals surface area (Å²) in [5, 5.41) is 12.2. The van der Waals surface area contributed by atoms with Gasteiger partial charge in [0.1, 0.15) is 0 Å². The van der Waals surface area contributed by atoms with Crippen molar-refractivity contribution in [1.82, 2.24) is 20.1 Å². The number of thioether (sulfide) groups is 1. The Morgan fingerprint density at radius 1 is 1.09 bits per heavy atom. The van der Waals surface area contributed by atoms with Gasteiger partial charge in [0.15, 0.2) is 20.8 Å². The predicted molar refractivity (Wildman–Crippen MR) is 131 cm³/mol. The van der Waals surface area contributed by atoms with Crippen LogP contribution in [-0.2, 0) is 20.0 Å². The first-order chi connectivity index (χ1) is 15.6. The Balaban J connectivity index is 1.56. The molecule has 1 saturated heterocycles. The highest BCUT2D eigenvalue weighted by Gasteiger charge is 2.29. The fraction of sp³-hybridized carbons (Fsp3) is 0.375. The van der Waals surface area contributed by atoms with Crippen LogP contribution in [0.2, 0.25) is 0 Å². The molecule has 3 aromatic rings. The monoisotopic (exact) mass is 484 g/mol. The molecule has 9 heteroatoms. The maximum atomic E-state index is 12.5. The quantitative estimate of drug-likeness (QED) is 0.537. The molecular formula is C24H28N4O3S2. The van der Waals surface area contributed by atoms with Crippen LogP contribution in [0.3, 0.4) is 0 Å². The number of carbonyl (C=O) groups is 1. The van der Waals surface area contributed by atoms with Gasteiger partial charge >= 0.3 is 0 Å². The van der Waals surface area contributed by atoms with Crippen LogP contribution in [0, 0.1) is 0 Å². The van der Waals surface area contributed by atoms with E-state index < -0.39 is 9.84 Å². The fourth-order valence-electron chi connectivity index (χ4n) is 3.79. The van der Waals surface area contributed by atoms with Crippen molar-refractivity contribution in [2.45, 2.75) is 43.8 Å². The summed E-state index contributed by atoms with van der Waals surface area (Å²) in [6, 6.07) is 17.8. The Bertz CT molecular complexity index is 1230. The normalized spacial score (nSPS) is 17.7. The summed E-state index contributed by atoms with van der Waals surface area (Å²) in [4.78, 5) is 12.5. The molecule has 1 fully saturated rings. The van der Waals surface area contributed by atoms with E-state index in [1.54, 1.807) is 0 Å². The third-order valence-electron chi connectivity index (χ3n) is 5.59. The van der Waals surface area contributed by atoms with Gasteiger partial charge in [-0.1, -0.05) is 75.0 Å². The van der Waals surface area contributed by atoms with E-state index >= 15 is 0 Å². The standard InChI is InChI=1S/C24H28N4O3S2/c1-24(2,3)18-11-9-17(10-12-18)22-26-27-23(28(22)20-7-5-4-6-8-20)32-15-21(29)25-19-13-14-33(30,31)16-19/h4-12,19H,13-16H2,1-3H3,(H,25,29)/t19-/m0/s1. The van der Waals surface area contributed by atoms with Gasteiger partial charge in [0, 0.05) is 17.3 Å². The van der Waals surface area contributed by atoms with Crippen molar-refractivity contribution >= 4 is 27.5 Å². The highest BCUT2D eigenvalue weighted by Crippen LogP contribution is 2.30. The van der Waals surface area contributed by atoms with Crippen molar-refractivity contribution in [3.05, 3.63) is 60.2 Å². The van der Waals surface area contributed by atoms with Crippen molar-refractivity contribution in [1.29, 1.82) is 0 Å². The SMILES string of the molecule is CC(C)(C)c1ccc(-c2nnc(SCC(=O)N[C@H]3CCS(=O)(=O)C3)n2-c2ccccc2)cc1. The number of para-hydroxylation sites is 1. The van der Waals surface area contributed by atoms with Crippen LogP contribution in [0.5, 0.6) is 0 Å². The Labute approximate surface area is 198 Å². The van der Waals surface area contributed by atoms with E-state index in [1.165, 1.54) is 17.3 Å². The molecule has 0 radical (unpaired) electrons. The van der Waals surface area contributed by atoms with Crippen LogP contribution < -0.4 is 5.32 Å². The van der Waals surface area contributed by atoms with Gasteiger partial charge in [-0.25, -0.2) is 8.42 Å². The molecule has 0 unspecified atom stereocenters. The molecule has 2 heterocycles. The topological polar surface area (TPSA) is 94.0 Å². The van der Waals surface area contributed by atoms with Gasteiger partial charge < -0.3 is 5.32 Å². The van der Waals surface area contributed by atoms with Crippen molar-refractivity contribution in [3.8, 4) is 17.1 Å². The molecule has 33 heavy (non-hydrogen) atoms. The lowest BCUT2D eigenvalue weighted by atomic mass is 9.87. The zero-order valence-corrected chi connectivity index (χ0v) is 20.6.